The normalized spacial score (nSPS) is 16.0. The standard InChI is InChI=1S/C14H20N2O4S/c1-14(2,3)13-15-9(11(21-13)12(18)19)8-10(17)16-4-6-20-7-5-16/h4-8H2,1-3H3,(H,18,19). The molecule has 21 heavy (non-hydrogen) atoms. The van der Waals surface area contributed by atoms with Crippen LogP contribution in [0.15, 0.2) is 0 Å². The summed E-state index contributed by atoms with van der Waals surface area (Å²) in [5.41, 5.74) is 0.142. The Kier molecular flexibility index (Phi) is 4.63. The van der Waals surface area contributed by atoms with E-state index in [-0.39, 0.29) is 22.6 Å². The summed E-state index contributed by atoms with van der Waals surface area (Å²) in [6.45, 7) is 8.10. The van der Waals surface area contributed by atoms with Gasteiger partial charge in [-0.1, -0.05) is 20.8 Å². The Balaban J connectivity index is 2.20. The van der Waals surface area contributed by atoms with Crippen molar-refractivity contribution in [1.29, 1.82) is 0 Å². The zero-order valence-corrected chi connectivity index (χ0v) is 13.3. The second-order valence-corrected chi connectivity index (χ2v) is 7.02. The molecule has 1 aliphatic rings. The number of carbonyl (C=O) groups excluding carboxylic acids is 1. The summed E-state index contributed by atoms with van der Waals surface area (Å²) in [6, 6.07) is 0. The maximum absolute atomic E-state index is 12.2. The molecule has 1 aliphatic heterocycles. The highest BCUT2D eigenvalue weighted by Gasteiger charge is 2.27. The van der Waals surface area contributed by atoms with E-state index in [1.807, 2.05) is 20.8 Å². The summed E-state index contributed by atoms with van der Waals surface area (Å²) >= 11 is 1.16. The number of hydrogen-bond donors (Lipinski definition) is 1. The molecule has 0 radical (unpaired) electrons. The maximum Gasteiger partial charge on any atom is 0.347 e. The minimum atomic E-state index is -1.02. The van der Waals surface area contributed by atoms with Gasteiger partial charge in [-0.2, -0.15) is 0 Å². The van der Waals surface area contributed by atoms with Gasteiger partial charge in [0.15, 0.2) is 0 Å². The molecule has 1 saturated heterocycles. The number of nitrogens with zero attached hydrogens (tertiary/aromatic N) is 2. The first-order chi connectivity index (χ1) is 9.79. The van der Waals surface area contributed by atoms with Gasteiger partial charge in [0.05, 0.1) is 30.3 Å². The third-order valence-corrected chi connectivity index (χ3v) is 4.73. The Morgan fingerprint density at radius 3 is 2.48 bits per heavy atom. The van der Waals surface area contributed by atoms with Crippen LogP contribution in [0.3, 0.4) is 0 Å². The van der Waals surface area contributed by atoms with Gasteiger partial charge in [-0.25, -0.2) is 9.78 Å². The number of rotatable bonds is 3. The van der Waals surface area contributed by atoms with Gasteiger partial charge >= 0.3 is 5.97 Å². The molecule has 1 aromatic heterocycles. The Hall–Kier alpha value is -1.47. The summed E-state index contributed by atoms with van der Waals surface area (Å²) in [6.07, 6.45) is 0.0359. The molecule has 1 aromatic rings. The largest absolute Gasteiger partial charge is 0.477 e. The molecule has 0 aliphatic carbocycles. The summed E-state index contributed by atoms with van der Waals surface area (Å²) in [5.74, 6) is -1.11. The number of thiazole rings is 1. The number of hydrogen-bond acceptors (Lipinski definition) is 5. The predicted molar refractivity (Wildman–Crippen MR) is 78.9 cm³/mol. The molecule has 7 heteroatoms. The van der Waals surface area contributed by atoms with Crippen LogP contribution >= 0.6 is 11.3 Å². The van der Waals surface area contributed by atoms with Crippen molar-refractivity contribution in [3.05, 3.63) is 15.6 Å². The molecule has 2 heterocycles. The summed E-state index contributed by atoms with van der Waals surface area (Å²) in [5, 5.41) is 10.0. The molecule has 1 fully saturated rings. The monoisotopic (exact) mass is 312 g/mol. The molecule has 0 saturated carbocycles. The van der Waals surface area contributed by atoms with Crippen LogP contribution in [-0.4, -0.2) is 53.2 Å². The highest BCUT2D eigenvalue weighted by atomic mass is 32.1. The Morgan fingerprint density at radius 2 is 1.95 bits per heavy atom. The quantitative estimate of drug-likeness (QED) is 0.916. The maximum atomic E-state index is 12.2. The smallest absolute Gasteiger partial charge is 0.347 e. The number of ether oxygens (including phenoxy) is 1. The van der Waals surface area contributed by atoms with Gasteiger partial charge in [-0.15, -0.1) is 11.3 Å². The van der Waals surface area contributed by atoms with Crippen molar-refractivity contribution in [2.75, 3.05) is 26.3 Å². The number of aromatic nitrogens is 1. The molecule has 0 atom stereocenters. The summed E-state index contributed by atoms with van der Waals surface area (Å²) in [7, 11) is 0. The number of carboxylic acid groups (broad SMARTS) is 1. The second kappa shape index (κ2) is 6.11. The van der Waals surface area contributed by atoms with E-state index in [0.29, 0.717) is 32.0 Å². The second-order valence-electron chi connectivity index (χ2n) is 6.02. The molecule has 0 aromatic carbocycles. The molecule has 1 N–H and O–H groups in total. The molecule has 1 amide bonds. The molecule has 2 rings (SSSR count). The molecule has 0 bridgehead atoms. The van der Waals surface area contributed by atoms with E-state index in [4.69, 9.17) is 4.74 Å². The van der Waals surface area contributed by atoms with Crippen LogP contribution in [0, 0.1) is 0 Å². The SMILES string of the molecule is CC(C)(C)c1nc(CC(=O)N2CCOCC2)c(C(=O)O)s1. The van der Waals surface area contributed by atoms with Gasteiger partial charge in [0, 0.05) is 18.5 Å². The molecule has 0 spiro atoms. The van der Waals surface area contributed by atoms with E-state index in [0.717, 1.165) is 16.3 Å². The minimum Gasteiger partial charge on any atom is -0.477 e. The number of amides is 1. The molecule has 116 valence electrons. The Labute approximate surface area is 127 Å². The number of carboxylic acids is 1. The average Bonchev–Trinajstić information content (AvgIpc) is 2.84. The zero-order chi connectivity index (χ0) is 15.6. The van der Waals surface area contributed by atoms with Crippen molar-refractivity contribution in [3.63, 3.8) is 0 Å². The van der Waals surface area contributed by atoms with E-state index in [2.05, 4.69) is 4.98 Å². The van der Waals surface area contributed by atoms with E-state index in [1.54, 1.807) is 4.90 Å². The first-order valence-corrected chi connectivity index (χ1v) is 7.69. The van der Waals surface area contributed by atoms with Gasteiger partial charge < -0.3 is 14.7 Å². The van der Waals surface area contributed by atoms with Crippen LogP contribution in [0.4, 0.5) is 0 Å². The number of carbonyl (C=O) groups is 2. The minimum absolute atomic E-state index is 0.0359. The fourth-order valence-electron chi connectivity index (χ4n) is 2.03. The lowest BCUT2D eigenvalue weighted by atomic mass is 9.98. The predicted octanol–water partition coefficient (Wildman–Crippen LogP) is 1.54. The van der Waals surface area contributed by atoms with Crippen LogP contribution in [-0.2, 0) is 21.4 Å². The van der Waals surface area contributed by atoms with Crippen LogP contribution in [0.1, 0.15) is 41.1 Å². The summed E-state index contributed by atoms with van der Waals surface area (Å²) < 4.78 is 5.21. The van der Waals surface area contributed by atoms with Crippen molar-refractivity contribution < 1.29 is 19.4 Å². The van der Waals surface area contributed by atoms with Crippen molar-refractivity contribution >= 4 is 23.2 Å². The van der Waals surface area contributed by atoms with E-state index in [1.165, 1.54) is 0 Å². The summed E-state index contributed by atoms with van der Waals surface area (Å²) in [4.78, 5) is 29.9. The zero-order valence-electron chi connectivity index (χ0n) is 12.5. The van der Waals surface area contributed by atoms with Gasteiger partial charge in [-0.3, -0.25) is 4.79 Å². The lowest BCUT2D eigenvalue weighted by Gasteiger charge is -2.26. The van der Waals surface area contributed by atoms with Gasteiger partial charge in [0.25, 0.3) is 0 Å². The third-order valence-electron chi connectivity index (χ3n) is 3.22. The first kappa shape index (κ1) is 15.9. The van der Waals surface area contributed by atoms with Crippen molar-refractivity contribution in [1.82, 2.24) is 9.88 Å². The van der Waals surface area contributed by atoms with Crippen LogP contribution < -0.4 is 0 Å². The van der Waals surface area contributed by atoms with Crippen molar-refractivity contribution in [2.24, 2.45) is 0 Å². The topological polar surface area (TPSA) is 79.7 Å². The van der Waals surface area contributed by atoms with Crippen LogP contribution in [0.25, 0.3) is 0 Å². The molecular formula is C14H20N2O4S. The van der Waals surface area contributed by atoms with E-state index in [9.17, 15) is 14.7 Å². The van der Waals surface area contributed by atoms with E-state index < -0.39 is 5.97 Å². The number of aromatic carboxylic acids is 1. The highest BCUT2D eigenvalue weighted by molar-refractivity contribution is 7.13. The number of morpholine rings is 1. The highest BCUT2D eigenvalue weighted by Crippen LogP contribution is 2.30. The van der Waals surface area contributed by atoms with E-state index >= 15 is 0 Å². The molecule has 6 nitrogen and oxygen atoms in total. The molecular weight excluding hydrogens is 292 g/mol. The molecule has 0 unspecified atom stereocenters. The van der Waals surface area contributed by atoms with Crippen LogP contribution in [0.5, 0.6) is 0 Å². The Morgan fingerprint density at radius 1 is 1.33 bits per heavy atom. The van der Waals surface area contributed by atoms with Crippen molar-refractivity contribution in [2.45, 2.75) is 32.6 Å². The lowest BCUT2D eigenvalue weighted by Crippen LogP contribution is -2.41. The fraction of sp³-hybridized carbons (Fsp3) is 0.643. The average molecular weight is 312 g/mol. The first-order valence-electron chi connectivity index (χ1n) is 6.88. The van der Waals surface area contributed by atoms with Crippen LogP contribution in [0.2, 0.25) is 0 Å². The van der Waals surface area contributed by atoms with Gasteiger partial charge in [-0.05, 0) is 0 Å². The van der Waals surface area contributed by atoms with Crippen molar-refractivity contribution in [3.8, 4) is 0 Å². The van der Waals surface area contributed by atoms with Gasteiger partial charge in [0.1, 0.15) is 4.88 Å². The third kappa shape index (κ3) is 3.79. The van der Waals surface area contributed by atoms with Gasteiger partial charge in [0.2, 0.25) is 5.91 Å². The fourth-order valence-corrected chi connectivity index (χ4v) is 3.01. The Bertz CT molecular complexity index is 542. The lowest BCUT2D eigenvalue weighted by molar-refractivity contribution is -0.134.